The maximum Gasteiger partial charge on any atom is 0.286 e. The zero-order chi connectivity index (χ0) is 17.9. The first-order chi connectivity index (χ1) is 12.7. The molecule has 3 heterocycles. The second kappa shape index (κ2) is 7.21. The molecule has 0 saturated carbocycles. The van der Waals surface area contributed by atoms with E-state index in [0.717, 1.165) is 40.8 Å². The van der Waals surface area contributed by atoms with Crippen LogP contribution in [0.1, 0.15) is 11.3 Å². The molecule has 1 N–H and O–H groups in total. The van der Waals surface area contributed by atoms with E-state index >= 15 is 0 Å². The zero-order valence-electron chi connectivity index (χ0n) is 13.9. The average Bonchev–Trinajstić information content (AvgIpc) is 3.18. The van der Waals surface area contributed by atoms with Gasteiger partial charge in [-0.2, -0.15) is 0 Å². The summed E-state index contributed by atoms with van der Waals surface area (Å²) in [6.45, 7) is 0.540. The number of amides is 2. The highest BCUT2D eigenvalue weighted by Crippen LogP contribution is 2.23. The lowest BCUT2D eigenvalue weighted by Crippen LogP contribution is -2.25. The third kappa shape index (κ3) is 3.72. The van der Waals surface area contributed by atoms with E-state index in [4.69, 9.17) is 4.74 Å². The van der Waals surface area contributed by atoms with Gasteiger partial charge < -0.3 is 9.14 Å². The SMILES string of the molecule is O=C1NC(=O)C(Cc2ccc(OCCc3cn4ccccc4n3)cc2)S1. The molecule has 0 spiro atoms. The first-order valence-corrected chi connectivity index (χ1v) is 9.21. The van der Waals surface area contributed by atoms with E-state index in [0.29, 0.717) is 13.0 Å². The molecule has 1 saturated heterocycles. The molecular formula is C19H17N3O3S. The molecule has 1 fully saturated rings. The summed E-state index contributed by atoms with van der Waals surface area (Å²) in [5.41, 5.74) is 2.92. The van der Waals surface area contributed by atoms with Crippen LogP contribution in [0.25, 0.3) is 5.65 Å². The number of thioether (sulfide) groups is 1. The number of imidazole rings is 1. The fourth-order valence-electron chi connectivity index (χ4n) is 2.84. The maximum absolute atomic E-state index is 11.6. The molecule has 4 rings (SSSR count). The molecule has 26 heavy (non-hydrogen) atoms. The molecule has 1 atom stereocenters. The van der Waals surface area contributed by atoms with Gasteiger partial charge in [0.15, 0.2) is 0 Å². The van der Waals surface area contributed by atoms with Crippen LogP contribution in [0.5, 0.6) is 5.75 Å². The normalized spacial score (nSPS) is 16.8. The lowest BCUT2D eigenvalue weighted by atomic mass is 10.1. The Morgan fingerprint density at radius 2 is 2.00 bits per heavy atom. The van der Waals surface area contributed by atoms with Crippen LogP contribution in [0.15, 0.2) is 54.9 Å². The van der Waals surface area contributed by atoms with Crippen LogP contribution in [-0.2, 0) is 17.6 Å². The molecule has 1 unspecified atom stereocenters. The number of carbonyl (C=O) groups is 2. The molecule has 2 amide bonds. The highest BCUT2D eigenvalue weighted by molar-refractivity contribution is 8.15. The lowest BCUT2D eigenvalue weighted by Gasteiger charge is -2.08. The predicted molar refractivity (Wildman–Crippen MR) is 99.5 cm³/mol. The topological polar surface area (TPSA) is 72.7 Å². The quantitative estimate of drug-likeness (QED) is 0.725. The van der Waals surface area contributed by atoms with Gasteiger partial charge in [-0.05, 0) is 36.2 Å². The van der Waals surface area contributed by atoms with Crippen molar-refractivity contribution in [2.45, 2.75) is 18.1 Å². The number of carbonyl (C=O) groups excluding carboxylic acids is 2. The first-order valence-electron chi connectivity index (χ1n) is 8.33. The van der Waals surface area contributed by atoms with Gasteiger partial charge in [-0.1, -0.05) is 30.0 Å². The van der Waals surface area contributed by atoms with Crippen molar-refractivity contribution >= 4 is 28.6 Å². The molecule has 3 aromatic rings. The number of pyridine rings is 1. The van der Waals surface area contributed by atoms with Gasteiger partial charge in [-0.3, -0.25) is 14.9 Å². The number of benzene rings is 1. The van der Waals surface area contributed by atoms with E-state index in [1.54, 1.807) is 0 Å². The fourth-order valence-corrected chi connectivity index (χ4v) is 3.70. The molecule has 6 nitrogen and oxygen atoms in total. The molecule has 132 valence electrons. The number of ether oxygens (including phenoxy) is 1. The van der Waals surface area contributed by atoms with Crippen molar-refractivity contribution in [1.82, 2.24) is 14.7 Å². The van der Waals surface area contributed by atoms with Gasteiger partial charge in [-0.25, -0.2) is 4.98 Å². The number of nitrogens with one attached hydrogen (secondary N) is 1. The number of aromatic nitrogens is 2. The molecule has 1 aromatic carbocycles. The Morgan fingerprint density at radius 3 is 2.73 bits per heavy atom. The molecule has 0 radical (unpaired) electrons. The summed E-state index contributed by atoms with van der Waals surface area (Å²) < 4.78 is 7.77. The molecule has 0 bridgehead atoms. The van der Waals surface area contributed by atoms with E-state index < -0.39 is 0 Å². The minimum Gasteiger partial charge on any atom is -0.493 e. The second-order valence-electron chi connectivity index (χ2n) is 6.03. The summed E-state index contributed by atoms with van der Waals surface area (Å²) in [7, 11) is 0. The van der Waals surface area contributed by atoms with Crippen molar-refractivity contribution in [2.75, 3.05) is 6.61 Å². The smallest absolute Gasteiger partial charge is 0.286 e. The summed E-state index contributed by atoms with van der Waals surface area (Å²) >= 11 is 1.05. The molecule has 1 aliphatic heterocycles. The van der Waals surface area contributed by atoms with Gasteiger partial charge in [-0.15, -0.1) is 0 Å². The third-order valence-corrected chi connectivity index (χ3v) is 5.13. The van der Waals surface area contributed by atoms with Gasteiger partial charge in [0.1, 0.15) is 11.4 Å². The Morgan fingerprint density at radius 1 is 1.15 bits per heavy atom. The van der Waals surface area contributed by atoms with Crippen molar-refractivity contribution in [3.05, 3.63) is 66.1 Å². The van der Waals surface area contributed by atoms with Gasteiger partial charge in [0.2, 0.25) is 5.91 Å². The summed E-state index contributed by atoms with van der Waals surface area (Å²) in [6, 6.07) is 13.5. The molecule has 1 aliphatic rings. The Kier molecular flexibility index (Phi) is 4.62. The number of nitrogens with zero attached hydrogens (tertiary/aromatic N) is 2. The Bertz CT molecular complexity index is 919. The van der Waals surface area contributed by atoms with Crippen molar-refractivity contribution in [3.63, 3.8) is 0 Å². The Balaban J connectivity index is 1.30. The van der Waals surface area contributed by atoms with E-state index in [1.165, 1.54) is 0 Å². The maximum atomic E-state index is 11.6. The van der Waals surface area contributed by atoms with Crippen LogP contribution < -0.4 is 10.1 Å². The van der Waals surface area contributed by atoms with Crippen LogP contribution in [0.2, 0.25) is 0 Å². The summed E-state index contributed by atoms with van der Waals surface area (Å²) in [4.78, 5) is 27.4. The van der Waals surface area contributed by atoms with Crippen LogP contribution in [0, 0.1) is 0 Å². The summed E-state index contributed by atoms with van der Waals surface area (Å²) in [5.74, 6) is 0.560. The monoisotopic (exact) mass is 367 g/mol. The number of hydrogen-bond donors (Lipinski definition) is 1. The number of imide groups is 1. The minimum absolute atomic E-state index is 0.215. The second-order valence-corrected chi connectivity index (χ2v) is 7.20. The highest BCUT2D eigenvalue weighted by atomic mass is 32.2. The van der Waals surface area contributed by atoms with E-state index in [-0.39, 0.29) is 16.4 Å². The third-order valence-electron chi connectivity index (χ3n) is 4.15. The van der Waals surface area contributed by atoms with Crippen molar-refractivity contribution in [1.29, 1.82) is 0 Å². The summed E-state index contributed by atoms with van der Waals surface area (Å²) in [5, 5.41) is 1.69. The van der Waals surface area contributed by atoms with Gasteiger partial charge in [0.05, 0.1) is 17.6 Å². The van der Waals surface area contributed by atoms with E-state index in [2.05, 4.69) is 10.3 Å². The number of rotatable bonds is 6. The standard InChI is InChI=1S/C19H17N3O3S/c23-18-16(26-19(24)21-18)11-13-4-6-15(7-5-13)25-10-8-14-12-22-9-2-1-3-17(22)20-14/h1-7,9,12,16H,8,10-11H2,(H,21,23,24). The van der Waals surface area contributed by atoms with Crippen LogP contribution in [0.3, 0.4) is 0 Å². The number of fused-ring (bicyclic) bond motifs is 1. The zero-order valence-corrected chi connectivity index (χ0v) is 14.7. The van der Waals surface area contributed by atoms with Crippen molar-refractivity contribution in [2.24, 2.45) is 0 Å². The fraction of sp³-hybridized carbons (Fsp3) is 0.211. The lowest BCUT2D eigenvalue weighted by molar-refractivity contribution is -0.118. The van der Waals surface area contributed by atoms with Crippen LogP contribution in [-0.4, -0.2) is 32.4 Å². The van der Waals surface area contributed by atoms with Crippen molar-refractivity contribution in [3.8, 4) is 5.75 Å². The van der Waals surface area contributed by atoms with Gasteiger partial charge >= 0.3 is 0 Å². The Labute approximate surface area is 154 Å². The molecular weight excluding hydrogens is 350 g/mol. The largest absolute Gasteiger partial charge is 0.493 e. The van der Waals surface area contributed by atoms with Crippen LogP contribution >= 0.6 is 11.8 Å². The highest BCUT2D eigenvalue weighted by Gasteiger charge is 2.31. The Hall–Kier alpha value is -2.80. The summed E-state index contributed by atoms with van der Waals surface area (Å²) in [6.07, 6.45) is 5.24. The van der Waals surface area contributed by atoms with E-state index in [1.807, 2.05) is 59.3 Å². The molecule has 7 heteroatoms. The first kappa shape index (κ1) is 16.7. The van der Waals surface area contributed by atoms with E-state index in [9.17, 15) is 9.59 Å². The van der Waals surface area contributed by atoms with Gasteiger partial charge in [0, 0.05) is 18.8 Å². The average molecular weight is 367 g/mol. The van der Waals surface area contributed by atoms with Crippen LogP contribution in [0.4, 0.5) is 4.79 Å². The minimum atomic E-state index is -0.343. The van der Waals surface area contributed by atoms with Gasteiger partial charge in [0.25, 0.3) is 5.24 Å². The molecule has 0 aliphatic carbocycles. The number of hydrogen-bond acceptors (Lipinski definition) is 5. The predicted octanol–water partition coefficient (Wildman–Crippen LogP) is 2.85. The molecule has 2 aromatic heterocycles. The van der Waals surface area contributed by atoms with Crippen molar-refractivity contribution < 1.29 is 14.3 Å².